The van der Waals surface area contributed by atoms with Gasteiger partial charge in [0, 0.05) is 24.6 Å². The molecule has 6 rings (SSSR count). The molecule has 0 saturated carbocycles. The van der Waals surface area contributed by atoms with Crippen molar-refractivity contribution >= 4 is 22.9 Å². The van der Waals surface area contributed by atoms with Crippen molar-refractivity contribution in [1.29, 1.82) is 0 Å². The van der Waals surface area contributed by atoms with Crippen molar-refractivity contribution in [2.45, 2.75) is 32.7 Å². The van der Waals surface area contributed by atoms with Crippen LogP contribution in [-0.2, 0) is 26.4 Å². The summed E-state index contributed by atoms with van der Waals surface area (Å²) in [6.45, 7) is 3.30. The molecule has 3 heterocycles. The Balaban J connectivity index is 1.56. The second kappa shape index (κ2) is 10.3. The summed E-state index contributed by atoms with van der Waals surface area (Å²) in [6.07, 6.45) is 12.1. The molecular weight excluding hydrogens is 464 g/mol. The van der Waals surface area contributed by atoms with Crippen LogP contribution in [0.5, 0.6) is 5.75 Å². The Bertz CT molecular complexity index is 1660. The van der Waals surface area contributed by atoms with Gasteiger partial charge in [0.2, 0.25) is 11.4 Å². The zero-order valence-corrected chi connectivity index (χ0v) is 22.4. The number of fused-ring (bicyclic) bond motifs is 4. The standard InChI is InChI=1S/C35H34N2O/c1-4-27-15-16-29-9-7-21-37-23-19-26(12-11-25-13-17-30(38-3)18-14-25)24-32(37)33(29)34(27)35-31-10-6-5-8-28(31)20-22-36(35)2/h5-6,8,10-20,22-24H,4,7,9,21H2,1-3H3/q+2/b12-11+. The number of aromatic nitrogens is 2. The topological polar surface area (TPSA) is 17.0 Å². The van der Waals surface area contributed by atoms with Crippen LogP contribution in [0.1, 0.15) is 35.6 Å². The van der Waals surface area contributed by atoms with Crippen molar-refractivity contribution in [3.63, 3.8) is 0 Å². The Morgan fingerprint density at radius 1 is 0.842 bits per heavy atom. The van der Waals surface area contributed by atoms with Gasteiger partial charge in [-0.05, 0) is 58.7 Å². The van der Waals surface area contributed by atoms with E-state index >= 15 is 0 Å². The van der Waals surface area contributed by atoms with Crippen LogP contribution in [0.2, 0.25) is 0 Å². The minimum Gasteiger partial charge on any atom is -0.497 e. The second-order valence-electron chi connectivity index (χ2n) is 10.1. The Morgan fingerprint density at radius 3 is 2.47 bits per heavy atom. The van der Waals surface area contributed by atoms with Gasteiger partial charge in [0.05, 0.1) is 23.6 Å². The van der Waals surface area contributed by atoms with E-state index in [1.54, 1.807) is 7.11 Å². The Morgan fingerprint density at radius 2 is 1.66 bits per heavy atom. The third kappa shape index (κ3) is 4.39. The fourth-order valence-electron chi connectivity index (χ4n) is 5.79. The van der Waals surface area contributed by atoms with Crippen molar-refractivity contribution in [3.8, 4) is 28.3 Å². The molecular formula is C35H34N2O+2. The molecule has 3 nitrogen and oxygen atoms in total. The van der Waals surface area contributed by atoms with Crippen LogP contribution in [-0.4, -0.2) is 7.11 Å². The fourth-order valence-corrected chi connectivity index (χ4v) is 5.79. The summed E-state index contributed by atoms with van der Waals surface area (Å²) in [5, 5.41) is 2.57. The number of rotatable bonds is 5. The van der Waals surface area contributed by atoms with Crippen molar-refractivity contribution < 1.29 is 13.9 Å². The summed E-state index contributed by atoms with van der Waals surface area (Å²) in [4.78, 5) is 0. The summed E-state index contributed by atoms with van der Waals surface area (Å²) in [5.41, 5.74) is 10.5. The molecule has 188 valence electrons. The van der Waals surface area contributed by atoms with E-state index in [1.165, 1.54) is 50.0 Å². The van der Waals surface area contributed by atoms with Gasteiger partial charge >= 0.3 is 0 Å². The molecule has 2 aromatic heterocycles. The lowest BCUT2D eigenvalue weighted by molar-refractivity contribution is -0.686. The molecule has 0 spiro atoms. The van der Waals surface area contributed by atoms with Gasteiger partial charge < -0.3 is 4.74 Å². The average molecular weight is 499 g/mol. The lowest BCUT2D eigenvalue weighted by Crippen LogP contribution is -2.36. The molecule has 3 aromatic carbocycles. The molecule has 5 aromatic rings. The first-order chi connectivity index (χ1) is 18.7. The normalized spacial score (nSPS) is 12.8. The van der Waals surface area contributed by atoms with Gasteiger partial charge in [0.25, 0.3) is 0 Å². The first-order valence-corrected chi connectivity index (χ1v) is 13.5. The van der Waals surface area contributed by atoms with Gasteiger partial charge in [0.1, 0.15) is 19.3 Å². The Hall–Kier alpha value is -4.24. The van der Waals surface area contributed by atoms with E-state index in [2.05, 4.69) is 114 Å². The van der Waals surface area contributed by atoms with Crippen LogP contribution < -0.4 is 13.9 Å². The molecule has 0 atom stereocenters. The summed E-state index contributed by atoms with van der Waals surface area (Å²) in [7, 11) is 3.88. The molecule has 0 radical (unpaired) electrons. The maximum absolute atomic E-state index is 5.31. The van der Waals surface area contributed by atoms with E-state index in [-0.39, 0.29) is 0 Å². The largest absolute Gasteiger partial charge is 0.497 e. The quantitative estimate of drug-likeness (QED) is 0.239. The summed E-state index contributed by atoms with van der Waals surface area (Å²) in [5.74, 6) is 0.876. The van der Waals surface area contributed by atoms with E-state index in [4.69, 9.17) is 4.74 Å². The highest BCUT2D eigenvalue weighted by Crippen LogP contribution is 2.40. The second-order valence-corrected chi connectivity index (χ2v) is 10.1. The molecule has 1 aliphatic heterocycles. The van der Waals surface area contributed by atoms with Gasteiger partial charge in [-0.3, -0.25) is 0 Å². The summed E-state index contributed by atoms with van der Waals surface area (Å²) in [6, 6.07) is 28.5. The van der Waals surface area contributed by atoms with Crippen molar-refractivity contribution in [2.24, 2.45) is 7.05 Å². The van der Waals surface area contributed by atoms with E-state index in [9.17, 15) is 0 Å². The first-order valence-electron chi connectivity index (χ1n) is 13.5. The number of aryl methyl sites for hydroxylation is 4. The lowest BCUT2D eigenvalue weighted by Gasteiger charge is -2.16. The number of nitrogens with zero attached hydrogens (tertiary/aromatic N) is 2. The molecule has 38 heavy (non-hydrogen) atoms. The van der Waals surface area contributed by atoms with Gasteiger partial charge in [-0.1, -0.05) is 61.5 Å². The average Bonchev–Trinajstić information content (AvgIpc) is 3.15. The molecule has 0 saturated heterocycles. The molecule has 0 aliphatic carbocycles. The minimum atomic E-state index is 0.876. The highest BCUT2D eigenvalue weighted by atomic mass is 16.5. The number of pyridine rings is 2. The molecule has 0 bridgehead atoms. The number of hydrogen-bond donors (Lipinski definition) is 0. The number of methoxy groups -OCH3 is 1. The summed E-state index contributed by atoms with van der Waals surface area (Å²) < 4.78 is 10.1. The summed E-state index contributed by atoms with van der Waals surface area (Å²) >= 11 is 0. The van der Waals surface area contributed by atoms with Crippen LogP contribution in [0.3, 0.4) is 0 Å². The minimum absolute atomic E-state index is 0.876. The van der Waals surface area contributed by atoms with E-state index in [0.29, 0.717) is 0 Å². The number of benzene rings is 3. The van der Waals surface area contributed by atoms with Crippen LogP contribution in [0.15, 0.2) is 91.3 Å². The smallest absolute Gasteiger partial charge is 0.221 e. The van der Waals surface area contributed by atoms with E-state index in [0.717, 1.165) is 37.1 Å². The Labute approximate surface area is 225 Å². The SMILES string of the molecule is CCc1ccc2c(c1-c1c3ccccc3cc[n+]1C)-c1cc(/C=C/c3ccc(OC)cc3)cc[n+]1CCC2. The van der Waals surface area contributed by atoms with Crippen LogP contribution >= 0.6 is 0 Å². The van der Waals surface area contributed by atoms with Crippen LogP contribution in [0, 0.1) is 0 Å². The molecule has 1 aliphatic rings. The zero-order valence-electron chi connectivity index (χ0n) is 22.4. The number of hydrogen-bond acceptors (Lipinski definition) is 1. The molecule has 0 amide bonds. The lowest BCUT2D eigenvalue weighted by atomic mass is 9.87. The van der Waals surface area contributed by atoms with Crippen molar-refractivity contribution in [3.05, 3.63) is 114 Å². The molecule has 3 heteroatoms. The first kappa shape index (κ1) is 24.1. The highest BCUT2D eigenvalue weighted by molar-refractivity contribution is 5.98. The van der Waals surface area contributed by atoms with Gasteiger partial charge in [-0.15, -0.1) is 0 Å². The van der Waals surface area contributed by atoms with Gasteiger partial charge in [-0.25, -0.2) is 4.57 Å². The van der Waals surface area contributed by atoms with Crippen molar-refractivity contribution in [1.82, 2.24) is 0 Å². The van der Waals surface area contributed by atoms with Crippen LogP contribution in [0.25, 0.3) is 45.4 Å². The number of ether oxygens (including phenoxy) is 1. The maximum Gasteiger partial charge on any atom is 0.221 e. The van der Waals surface area contributed by atoms with Gasteiger partial charge in [0.15, 0.2) is 12.4 Å². The fraction of sp³-hybridized carbons (Fsp3) is 0.200. The zero-order chi connectivity index (χ0) is 26.1. The van der Waals surface area contributed by atoms with E-state index in [1.807, 2.05) is 12.1 Å². The molecule has 0 N–H and O–H groups in total. The predicted octanol–water partition coefficient (Wildman–Crippen LogP) is 6.97. The van der Waals surface area contributed by atoms with Gasteiger partial charge in [-0.2, -0.15) is 4.57 Å². The molecule has 0 fully saturated rings. The van der Waals surface area contributed by atoms with Crippen molar-refractivity contribution in [2.75, 3.05) is 7.11 Å². The van der Waals surface area contributed by atoms with Crippen LogP contribution in [0.4, 0.5) is 0 Å². The monoisotopic (exact) mass is 498 g/mol. The third-order valence-corrected chi connectivity index (χ3v) is 7.79. The predicted molar refractivity (Wildman–Crippen MR) is 156 cm³/mol. The maximum atomic E-state index is 5.31. The highest BCUT2D eigenvalue weighted by Gasteiger charge is 2.30. The molecule has 0 unspecified atom stereocenters. The third-order valence-electron chi connectivity index (χ3n) is 7.79. The Kier molecular flexibility index (Phi) is 6.51. The van der Waals surface area contributed by atoms with E-state index < -0.39 is 0 Å².